The van der Waals surface area contributed by atoms with E-state index in [4.69, 9.17) is 0 Å². The normalized spacial score (nSPS) is 13.3. The summed E-state index contributed by atoms with van der Waals surface area (Å²) in [6, 6.07) is 15.9. The highest BCUT2D eigenvalue weighted by Crippen LogP contribution is 2.30. The van der Waals surface area contributed by atoms with Crippen LogP contribution in [0, 0.1) is 5.92 Å². The summed E-state index contributed by atoms with van der Waals surface area (Å²) < 4.78 is 1.74. The average Bonchev–Trinajstić information content (AvgIpc) is 3.49. The summed E-state index contributed by atoms with van der Waals surface area (Å²) in [6.45, 7) is 4.00. The molecule has 0 aliphatic heterocycles. The first-order valence-corrected chi connectivity index (χ1v) is 9.30. The molecule has 27 heavy (non-hydrogen) atoms. The molecule has 1 aliphatic rings. The molecule has 1 aromatic carbocycles. The fraction of sp³-hybridized carbons (Fsp3) is 0.238. The Hall–Kier alpha value is -3.28. The number of benzene rings is 1. The van der Waals surface area contributed by atoms with Gasteiger partial charge in [0.2, 0.25) is 11.9 Å². The van der Waals surface area contributed by atoms with Crippen molar-refractivity contribution in [1.29, 1.82) is 0 Å². The minimum absolute atomic E-state index is 0. The maximum Gasteiger partial charge on any atom is 0.249 e. The summed E-state index contributed by atoms with van der Waals surface area (Å²) in [5.41, 5.74) is 3.48. The number of nitrogens with zero attached hydrogens (tertiary/aromatic N) is 4. The van der Waals surface area contributed by atoms with Crippen LogP contribution in [0.2, 0.25) is 0 Å². The number of fused-ring (bicyclic) bond motifs is 2. The predicted molar refractivity (Wildman–Crippen MR) is 109 cm³/mol. The molecule has 0 radical (unpaired) electrons. The van der Waals surface area contributed by atoms with Gasteiger partial charge in [-0.2, -0.15) is 4.98 Å². The number of carbonyl (C=O) groups is 1. The van der Waals surface area contributed by atoms with Crippen LogP contribution in [-0.2, 0) is 4.79 Å². The van der Waals surface area contributed by atoms with E-state index in [1.165, 1.54) is 0 Å². The molecular weight excluding hydrogens is 338 g/mol. The number of carbonyl (C=O) groups excluding carboxylic acids is 1. The van der Waals surface area contributed by atoms with Crippen molar-refractivity contribution >= 4 is 28.4 Å². The van der Waals surface area contributed by atoms with Crippen LogP contribution in [0.1, 0.15) is 28.1 Å². The molecule has 3 heterocycles. The fourth-order valence-corrected chi connectivity index (χ4v) is 2.95. The quantitative estimate of drug-likeness (QED) is 0.580. The fourth-order valence-electron chi connectivity index (χ4n) is 2.95. The number of hydrogen-bond acceptors (Lipinski definition) is 4. The van der Waals surface area contributed by atoms with E-state index >= 15 is 0 Å². The molecule has 0 saturated heterocycles. The minimum atomic E-state index is 0. The number of nitrogens with one attached hydrogen (secondary N) is 1. The van der Waals surface area contributed by atoms with Crippen LogP contribution in [0.15, 0.2) is 54.7 Å². The van der Waals surface area contributed by atoms with E-state index < -0.39 is 0 Å². The monoisotopic (exact) mass is 361 g/mol. The van der Waals surface area contributed by atoms with Crippen molar-refractivity contribution in [3.63, 3.8) is 0 Å². The molecule has 1 N–H and O–H groups in total. The third kappa shape index (κ3) is 3.38. The topological polar surface area (TPSA) is 72.2 Å². The third-order valence-electron chi connectivity index (χ3n) is 4.43. The Morgan fingerprint density at radius 2 is 1.96 bits per heavy atom. The lowest BCUT2D eigenvalue weighted by Crippen LogP contribution is -2.14. The van der Waals surface area contributed by atoms with Gasteiger partial charge in [0.15, 0.2) is 5.65 Å². The molecule has 0 bridgehead atoms. The van der Waals surface area contributed by atoms with Gasteiger partial charge in [-0.1, -0.05) is 38.1 Å². The van der Waals surface area contributed by atoms with Gasteiger partial charge in [0.05, 0.1) is 11.2 Å². The zero-order valence-electron chi connectivity index (χ0n) is 15.4. The molecule has 6 heteroatoms. The van der Waals surface area contributed by atoms with Crippen LogP contribution in [0.3, 0.4) is 0 Å². The molecule has 1 saturated carbocycles. The second kappa shape index (κ2) is 7.15. The van der Waals surface area contributed by atoms with E-state index in [-0.39, 0.29) is 13.3 Å². The lowest BCUT2D eigenvalue weighted by atomic mass is 10.1. The molecular formula is C21H23N5O. The number of pyridine rings is 2. The van der Waals surface area contributed by atoms with E-state index in [0.29, 0.717) is 11.6 Å². The second-order valence-electron chi connectivity index (χ2n) is 6.30. The van der Waals surface area contributed by atoms with Crippen molar-refractivity contribution in [3.05, 3.63) is 54.7 Å². The maximum absolute atomic E-state index is 11.9. The van der Waals surface area contributed by atoms with Crippen molar-refractivity contribution in [2.75, 3.05) is 5.32 Å². The average molecular weight is 361 g/mol. The Labute approximate surface area is 158 Å². The van der Waals surface area contributed by atoms with Gasteiger partial charge in [-0.25, -0.2) is 4.52 Å². The van der Waals surface area contributed by atoms with Gasteiger partial charge >= 0.3 is 0 Å². The van der Waals surface area contributed by atoms with Gasteiger partial charge in [0.1, 0.15) is 0 Å². The van der Waals surface area contributed by atoms with Gasteiger partial charge in [0, 0.05) is 24.5 Å². The zero-order chi connectivity index (χ0) is 18.8. The Morgan fingerprint density at radius 1 is 1.15 bits per heavy atom. The molecule has 1 fully saturated rings. The van der Waals surface area contributed by atoms with Crippen LogP contribution < -0.4 is 5.32 Å². The van der Waals surface area contributed by atoms with Gasteiger partial charge in [-0.05, 0) is 37.1 Å². The number of para-hydroxylation sites is 1. The lowest BCUT2D eigenvalue weighted by molar-refractivity contribution is -0.117. The first-order valence-electron chi connectivity index (χ1n) is 9.30. The van der Waals surface area contributed by atoms with E-state index in [1.807, 2.05) is 62.5 Å². The van der Waals surface area contributed by atoms with Crippen LogP contribution in [-0.4, -0.2) is 25.5 Å². The first kappa shape index (κ1) is 17.1. The van der Waals surface area contributed by atoms with Crippen molar-refractivity contribution in [3.8, 4) is 11.3 Å². The molecule has 4 aromatic rings. The Morgan fingerprint density at radius 3 is 2.78 bits per heavy atom. The van der Waals surface area contributed by atoms with Crippen molar-refractivity contribution in [1.82, 2.24) is 19.6 Å². The number of aromatic nitrogens is 4. The number of anilines is 1. The van der Waals surface area contributed by atoms with Crippen LogP contribution >= 0.6 is 0 Å². The van der Waals surface area contributed by atoms with Crippen molar-refractivity contribution in [2.24, 2.45) is 5.92 Å². The van der Waals surface area contributed by atoms with Crippen molar-refractivity contribution in [2.45, 2.75) is 26.7 Å². The molecule has 0 unspecified atom stereocenters. The largest absolute Gasteiger partial charge is 0.293 e. The van der Waals surface area contributed by atoms with Gasteiger partial charge in [-0.15, -0.1) is 5.10 Å². The summed E-state index contributed by atoms with van der Waals surface area (Å²) >= 11 is 0. The minimum Gasteiger partial charge on any atom is -0.293 e. The summed E-state index contributed by atoms with van der Waals surface area (Å²) in [5.74, 6) is 0.471. The Balaban J connectivity index is 0.000000728. The zero-order valence-corrected chi connectivity index (χ0v) is 15.4. The SMILES string of the molecule is CC.O=C(Nc1nc2cccc(-c3cnc4ccccc4c3)n2n1)C1CC1.[HH]. The third-order valence-corrected chi connectivity index (χ3v) is 4.43. The molecule has 3 aromatic heterocycles. The summed E-state index contributed by atoms with van der Waals surface area (Å²) in [4.78, 5) is 20.9. The van der Waals surface area contributed by atoms with Crippen LogP contribution in [0.5, 0.6) is 0 Å². The highest BCUT2D eigenvalue weighted by molar-refractivity contribution is 5.92. The summed E-state index contributed by atoms with van der Waals surface area (Å²) in [5, 5.41) is 8.34. The second-order valence-corrected chi connectivity index (χ2v) is 6.30. The smallest absolute Gasteiger partial charge is 0.249 e. The number of rotatable bonds is 3. The van der Waals surface area contributed by atoms with Gasteiger partial charge in [-0.3, -0.25) is 15.1 Å². The standard InChI is InChI=1S/C19H15N5O.C2H6.H2/c25-18(12-8-9-12)22-19-21-17-7-3-6-16(24(17)23-19)14-10-13-4-1-2-5-15(13)20-11-14;1-2;/h1-7,10-12H,8-9H2,(H,22,23,25);1-2H3;1H. The molecule has 6 nitrogen and oxygen atoms in total. The summed E-state index contributed by atoms with van der Waals surface area (Å²) in [6.07, 6.45) is 3.74. The number of amides is 1. The van der Waals surface area contributed by atoms with Crippen molar-refractivity contribution < 1.29 is 6.22 Å². The Kier molecular flexibility index (Phi) is 4.54. The maximum atomic E-state index is 11.9. The van der Waals surface area contributed by atoms with Gasteiger partial charge in [0.25, 0.3) is 0 Å². The molecule has 1 aliphatic carbocycles. The van der Waals surface area contributed by atoms with Crippen LogP contribution in [0.4, 0.5) is 5.95 Å². The van der Waals surface area contributed by atoms with E-state index in [2.05, 4.69) is 26.4 Å². The van der Waals surface area contributed by atoms with E-state index in [1.54, 1.807) is 4.52 Å². The molecule has 0 spiro atoms. The van der Waals surface area contributed by atoms with Gasteiger partial charge < -0.3 is 0 Å². The van der Waals surface area contributed by atoms with E-state index in [0.717, 1.165) is 35.0 Å². The molecule has 0 atom stereocenters. The Bertz CT molecular complexity index is 1120. The van der Waals surface area contributed by atoms with Crippen LogP contribution in [0.25, 0.3) is 27.8 Å². The molecule has 1 amide bonds. The first-order chi connectivity index (χ1) is 13.3. The number of hydrogen-bond donors (Lipinski definition) is 1. The molecule has 5 rings (SSSR count). The highest BCUT2D eigenvalue weighted by Gasteiger charge is 2.30. The lowest BCUT2D eigenvalue weighted by Gasteiger charge is -2.05. The summed E-state index contributed by atoms with van der Waals surface area (Å²) in [7, 11) is 0. The highest BCUT2D eigenvalue weighted by atomic mass is 16.2. The predicted octanol–water partition coefficient (Wildman–Crippen LogP) is 4.57. The van der Waals surface area contributed by atoms with E-state index in [9.17, 15) is 4.79 Å². The molecule has 138 valence electrons.